The lowest BCUT2D eigenvalue weighted by atomic mass is 9.94. The van der Waals surface area contributed by atoms with Crippen molar-refractivity contribution in [2.45, 2.75) is 45.8 Å². The zero-order chi connectivity index (χ0) is 18.2. The quantitative estimate of drug-likeness (QED) is 0.829. The van der Waals surface area contributed by atoms with Gasteiger partial charge in [-0.05, 0) is 43.0 Å². The predicted octanol–water partition coefficient (Wildman–Crippen LogP) is 3.24. The number of carbonyl (C=O) groups is 1. The van der Waals surface area contributed by atoms with E-state index < -0.39 is 5.60 Å². The van der Waals surface area contributed by atoms with Gasteiger partial charge in [-0.1, -0.05) is 37.8 Å². The fourth-order valence-corrected chi connectivity index (χ4v) is 2.84. The molecule has 128 valence electrons. The molecular formula is C21H22N2O2. The number of aliphatic hydroxyl groups is 1. The molecule has 1 aromatic heterocycles. The lowest BCUT2D eigenvalue weighted by Gasteiger charge is -2.13. The Morgan fingerprint density at radius 1 is 1.24 bits per heavy atom. The van der Waals surface area contributed by atoms with Crippen molar-refractivity contribution in [3.8, 4) is 23.0 Å². The van der Waals surface area contributed by atoms with Gasteiger partial charge in [-0.3, -0.25) is 9.78 Å². The summed E-state index contributed by atoms with van der Waals surface area (Å²) >= 11 is 0. The molecule has 0 radical (unpaired) electrons. The first-order valence-corrected chi connectivity index (χ1v) is 8.41. The number of pyridine rings is 1. The monoisotopic (exact) mass is 334 g/mol. The maximum absolute atomic E-state index is 12.0. The van der Waals surface area contributed by atoms with Crippen LogP contribution < -0.4 is 5.32 Å². The topological polar surface area (TPSA) is 62.2 Å². The Kier molecular flexibility index (Phi) is 4.36. The number of nitrogens with zero attached hydrogens (tertiary/aromatic N) is 1. The van der Waals surface area contributed by atoms with E-state index in [0.717, 1.165) is 33.5 Å². The number of benzene rings is 1. The second-order valence-corrected chi connectivity index (χ2v) is 7.18. The molecule has 0 saturated heterocycles. The van der Waals surface area contributed by atoms with Gasteiger partial charge in [0.05, 0.1) is 5.69 Å². The van der Waals surface area contributed by atoms with Gasteiger partial charge in [0.15, 0.2) is 0 Å². The molecular weight excluding hydrogens is 312 g/mol. The molecule has 0 bridgehead atoms. The van der Waals surface area contributed by atoms with Gasteiger partial charge in [0.2, 0.25) is 0 Å². The van der Waals surface area contributed by atoms with E-state index in [-0.39, 0.29) is 11.8 Å². The summed E-state index contributed by atoms with van der Waals surface area (Å²) in [6.07, 6.45) is 1.73. The highest BCUT2D eigenvalue weighted by Crippen LogP contribution is 2.31. The molecule has 0 fully saturated rings. The van der Waals surface area contributed by atoms with Gasteiger partial charge in [-0.15, -0.1) is 0 Å². The Morgan fingerprint density at radius 2 is 2.00 bits per heavy atom. The standard InChI is InChI=1S/C21H22N2O2/c1-13(2)19-17(9-14(11-22-19)7-8-21(3,4)25)15-5-6-16-12-23-20(24)18(16)10-15/h5-6,9-11,13,25H,12H2,1-4H3,(H,23,24). The highest BCUT2D eigenvalue weighted by molar-refractivity contribution is 5.99. The van der Waals surface area contributed by atoms with Gasteiger partial charge in [0, 0.05) is 29.4 Å². The molecule has 0 aliphatic carbocycles. The van der Waals surface area contributed by atoms with E-state index in [0.29, 0.717) is 6.54 Å². The third-order valence-corrected chi connectivity index (χ3v) is 4.08. The van der Waals surface area contributed by atoms with Crippen LogP contribution >= 0.6 is 0 Å². The summed E-state index contributed by atoms with van der Waals surface area (Å²) in [4.78, 5) is 16.6. The average Bonchev–Trinajstić information content (AvgIpc) is 2.92. The van der Waals surface area contributed by atoms with Crippen LogP contribution in [0.2, 0.25) is 0 Å². The minimum Gasteiger partial charge on any atom is -0.378 e. The summed E-state index contributed by atoms with van der Waals surface area (Å²) in [7, 11) is 0. The van der Waals surface area contributed by atoms with Crippen LogP contribution in [0.25, 0.3) is 11.1 Å². The molecule has 0 spiro atoms. The third-order valence-electron chi connectivity index (χ3n) is 4.08. The molecule has 0 saturated carbocycles. The first-order valence-electron chi connectivity index (χ1n) is 8.41. The van der Waals surface area contributed by atoms with E-state index in [2.05, 4.69) is 36.0 Å². The molecule has 1 aliphatic rings. The predicted molar refractivity (Wildman–Crippen MR) is 98.1 cm³/mol. The van der Waals surface area contributed by atoms with E-state index in [1.807, 2.05) is 24.3 Å². The maximum Gasteiger partial charge on any atom is 0.251 e. The van der Waals surface area contributed by atoms with Crippen molar-refractivity contribution in [1.82, 2.24) is 10.3 Å². The van der Waals surface area contributed by atoms with Gasteiger partial charge in [0.25, 0.3) is 5.91 Å². The molecule has 3 rings (SSSR count). The maximum atomic E-state index is 12.0. The highest BCUT2D eigenvalue weighted by Gasteiger charge is 2.20. The highest BCUT2D eigenvalue weighted by atomic mass is 16.3. The van der Waals surface area contributed by atoms with Crippen LogP contribution in [-0.2, 0) is 6.54 Å². The first-order chi connectivity index (χ1) is 11.7. The molecule has 25 heavy (non-hydrogen) atoms. The van der Waals surface area contributed by atoms with Crippen LogP contribution in [0.5, 0.6) is 0 Å². The zero-order valence-corrected chi connectivity index (χ0v) is 15.0. The Morgan fingerprint density at radius 3 is 2.68 bits per heavy atom. The van der Waals surface area contributed by atoms with Gasteiger partial charge in [-0.25, -0.2) is 0 Å². The van der Waals surface area contributed by atoms with Gasteiger partial charge in [-0.2, -0.15) is 0 Å². The van der Waals surface area contributed by atoms with E-state index >= 15 is 0 Å². The summed E-state index contributed by atoms with van der Waals surface area (Å²) < 4.78 is 0. The molecule has 1 aromatic carbocycles. The largest absolute Gasteiger partial charge is 0.378 e. The normalized spacial score (nSPS) is 13.3. The number of nitrogens with one attached hydrogen (secondary N) is 1. The number of aromatic nitrogens is 1. The molecule has 4 heteroatoms. The molecule has 1 aliphatic heterocycles. The van der Waals surface area contributed by atoms with Crippen molar-refractivity contribution in [1.29, 1.82) is 0 Å². The fraction of sp³-hybridized carbons (Fsp3) is 0.333. The van der Waals surface area contributed by atoms with E-state index in [9.17, 15) is 9.90 Å². The van der Waals surface area contributed by atoms with Crippen molar-refractivity contribution >= 4 is 5.91 Å². The summed E-state index contributed by atoms with van der Waals surface area (Å²) in [6.45, 7) is 8.06. The van der Waals surface area contributed by atoms with Crippen molar-refractivity contribution in [2.24, 2.45) is 0 Å². The average molecular weight is 334 g/mol. The Bertz CT molecular complexity index is 896. The summed E-state index contributed by atoms with van der Waals surface area (Å²) in [5.41, 5.74) is 4.33. The smallest absolute Gasteiger partial charge is 0.251 e. The van der Waals surface area contributed by atoms with Crippen molar-refractivity contribution in [3.05, 3.63) is 52.8 Å². The fourth-order valence-electron chi connectivity index (χ4n) is 2.84. The van der Waals surface area contributed by atoms with E-state index in [4.69, 9.17) is 0 Å². The molecule has 2 N–H and O–H groups in total. The number of hydrogen-bond donors (Lipinski definition) is 2. The Labute approximate surface area is 148 Å². The number of carbonyl (C=O) groups excluding carboxylic acids is 1. The third kappa shape index (κ3) is 3.72. The lowest BCUT2D eigenvalue weighted by molar-refractivity contribution is 0.0965. The van der Waals surface area contributed by atoms with E-state index in [1.165, 1.54) is 0 Å². The zero-order valence-electron chi connectivity index (χ0n) is 15.0. The summed E-state index contributed by atoms with van der Waals surface area (Å²) in [5.74, 6) is 6.01. The minimum atomic E-state index is -1.05. The van der Waals surface area contributed by atoms with Crippen LogP contribution in [0.15, 0.2) is 30.5 Å². The van der Waals surface area contributed by atoms with Crippen LogP contribution in [0.3, 0.4) is 0 Å². The molecule has 1 amide bonds. The van der Waals surface area contributed by atoms with Crippen molar-refractivity contribution < 1.29 is 9.90 Å². The van der Waals surface area contributed by atoms with Crippen molar-refractivity contribution in [3.63, 3.8) is 0 Å². The van der Waals surface area contributed by atoms with E-state index in [1.54, 1.807) is 20.0 Å². The number of amides is 1. The SMILES string of the molecule is CC(C)c1ncc(C#CC(C)(C)O)cc1-c1ccc2c(c1)C(=O)NC2. The Hall–Kier alpha value is -2.64. The molecule has 4 nitrogen and oxygen atoms in total. The Balaban J connectivity index is 2.11. The number of fused-ring (bicyclic) bond motifs is 1. The van der Waals surface area contributed by atoms with Crippen LogP contribution in [0.4, 0.5) is 0 Å². The molecule has 2 aromatic rings. The molecule has 0 atom stereocenters. The summed E-state index contributed by atoms with van der Waals surface area (Å²) in [5, 5.41) is 12.6. The minimum absolute atomic E-state index is 0.0334. The van der Waals surface area contributed by atoms with Crippen LogP contribution in [0.1, 0.15) is 60.8 Å². The molecule has 2 heterocycles. The van der Waals surface area contributed by atoms with Gasteiger partial charge < -0.3 is 10.4 Å². The van der Waals surface area contributed by atoms with Gasteiger partial charge >= 0.3 is 0 Å². The second kappa shape index (κ2) is 6.34. The lowest BCUT2D eigenvalue weighted by Crippen LogP contribution is -2.14. The number of hydrogen-bond acceptors (Lipinski definition) is 3. The van der Waals surface area contributed by atoms with Crippen molar-refractivity contribution in [2.75, 3.05) is 0 Å². The van der Waals surface area contributed by atoms with Gasteiger partial charge in [0.1, 0.15) is 5.60 Å². The first kappa shape index (κ1) is 17.2. The van der Waals surface area contributed by atoms with Crippen LogP contribution in [-0.4, -0.2) is 21.6 Å². The number of rotatable bonds is 2. The summed E-state index contributed by atoms with van der Waals surface area (Å²) in [6, 6.07) is 7.92. The second-order valence-electron chi connectivity index (χ2n) is 7.18. The van der Waals surface area contributed by atoms with Crippen LogP contribution in [0, 0.1) is 11.8 Å². The molecule has 0 unspecified atom stereocenters.